The molecule has 1 heterocycles. The van der Waals surface area contributed by atoms with E-state index in [4.69, 9.17) is 9.47 Å². The monoisotopic (exact) mass is 436 g/mol. The summed E-state index contributed by atoms with van der Waals surface area (Å²) in [6.07, 6.45) is 2.69. The minimum absolute atomic E-state index is 0.289. The van der Waals surface area contributed by atoms with E-state index in [1.807, 2.05) is 62.4 Å². The normalized spacial score (nSPS) is 13.8. The van der Waals surface area contributed by atoms with E-state index in [9.17, 15) is 9.59 Å². The lowest BCUT2D eigenvalue weighted by Gasteiger charge is -2.15. The van der Waals surface area contributed by atoms with Crippen LogP contribution >= 0.6 is 0 Å². The number of carbonyl (C=O) groups is 2. The number of imide groups is 1. The molecule has 2 aromatic rings. The molecule has 0 radical (unpaired) electrons. The highest BCUT2D eigenvalue weighted by Crippen LogP contribution is 2.31. The van der Waals surface area contributed by atoms with Gasteiger partial charge in [0.1, 0.15) is 11.4 Å². The summed E-state index contributed by atoms with van der Waals surface area (Å²) < 4.78 is 11.1. The van der Waals surface area contributed by atoms with Gasteiger partial charge in [0.15, 0.2) is 0 Å². The predicted molar refractivity (Wildman–Crippen MR) is 126 cm³/mol. The van der Waals surface area contributed by atoms with Crippen molar-refractivity contribution in [3.63, 3.8) is 0 Å². The quantitative estimate of drug-likeness (QED) is 0.383. The van der Waals surface area contributed by atoms with Gasteiger partial charge < -0.3 is 14.8 Å². The van der Waals surface area contributed by atoms with E-state index in [-0.39, 0.29) is 11.8 Å². The molecule has 0 aliphatic carbocycles. The number of anilines is 1. The molecule has 170 valence electrons. The topological polar surface area (TPSA) is 67.9 Å². The Morgan fingerprint density at radius 1 is 0.938 bits per heavy atom. The molecule has 0 fully saturated rings. The van der Waals surface area contributed by atoms with Crippen LogP contribution in [0.4, 0.5) is 5.69 Å². The van der Waals surface area contributed by atoms with E-state index in [1.165, 1.54) is 4.90 Å². The third kappa shape index (κ3) is 5.77. The predicted octanol–water partition coefficient (Wildman–Crippen LogP) is 4.79. The van der Waals surface area contributed by atoms with E-state index in [0.29, 0.717) is 49.6 Å². The van der Waals surface area contributed by atoms with Crippen LogP contribution in [0.2, 0.25) is 0 Å². The number of benzene rings is 2. The van der Waals surface area contributed by atoms with E-state index in [1.54, 1.807) is 0 Å². The number of nitrogens with one attached hydrogen (secondary N) is 1. The van der Waals surface area contributed by atoms with Gasteiger partial charge in [-0.2, -0.15) is 0 Å². The smallest absolute Gasteiger partial charge is 0.278 e. The summed E-state index contributed by atoms with van der Waals surface area (Å²) in [6, 6.07) is 15.0. The lowest BCUT2D eigenvalue weighted by atomic mass is 10.0. The van der Waals surface area contributed by atoms with Crippen molar-refractivity contribution in [1.29, 1.82) is 0 Å². The molecule has 0 saturated heterocycles. The minimum Gasteiger partial charge on any atom is -0.494 e. The number of rotatable bonds is 12. The van der Waals surface area contributed by atoms with Gasteiger partial charge in [-0.3, -0.25) is 14.5 Å². The van der Waals surface area contributed by atoms with Crippen molar-refractivity contribution in [2.45, 2.75) is 40.0 Å². The summed E-state index contributed by atoms with van der Waals surface area (Å²) in [7, 11) is 0. The van der Waals surface area contributed by atoms with E-state index in [2.05, 4.69) is 12.2 Å². The summed E-state index contributed by atoms with van der Waals surface area (Å²) in [5.41, 5.74) is 3.21. The molecule has 0 unspecified atom stereocenters. The van der Waals surface area contributed by atoms with Crippen molar-refractivity contribution in [3.05, 3.63) is 65.4 Å². The Balaban J connectivity index is 1.83. The van der Waals surface area contributed by atoms with E-state index in [0.717, 1.165) is 29.8 Å². The van der Waals surface area contributed by atoms with Crippen LogP contribution in [-0.4, -0.2) is 43.1 Å². The molecule has 0 aromatic heterocycles. The average molecular weight is 437 g/mol. The Hall–Kier alpha value is -3.12. The Morgan fingerprint density at radius 3 is 2.38 bits per heavy atom. The lowest BCUT2D eigenvalue weighted by molar-refractivity contribution is -0.137. The van der Waals surface area contributed by atoms with Gasteiger partial charge in [-0.25, -0.2) is 0 Å². The summed E-state index contributed by atoms with van der Waals surface area (Å²) in [4.78, 5) is 27.9. The third-order valence-electron chi connectivity index (χ3n) is 5.22. The first-order valence-electron chi connectivity index (χ1n) is 11.3. The molecule has 0 spiro atoms. The van der Waals surface area contributed by atoms with Crippen molar-refractivity contribution in [1.82, 2.24) is 4.90 Å². The first kappa shape index (κ1) is 23.5. The summed E-state index contributed by atoms with van der Waals surface area (Å²) in [5.74, 6) is 0.125. The zero-order valence-corrected chi connectivity index (χ0v) is 19.1. The van der Waals surface area contributed by atoms with Crippen LogP contribution in [0.1, 0.15) is 44.2 Å². The number of aryl methyl sites for hydroxylation is 1. The van der Waals surface area contributed by atoms with E-state index >= 15 is 0 Å². The van der Waals surface area contributed by atoms with Gasteiger partial charge in [-0.15, -0.1) is 0 Å². The molecule has 3 rings (SSSR count). The molecule has 1 aliphatic rings. The molecule has 2 amide bonds. The van der Waals surface area contributed by atoms with Crippen LogP contribution in [0.5, 0.6) is 5.75 Å². The molecule has 0 bridgehead atoms. The number of unbranched alkanes of at least 4 members (excludes halogenated alkanes) is 1. The van der Waals surface area contributed by atoms with Gasteiger partial charge in [0.25, 0.3) is 11.8 Å². The molecule has 0 saturated carbocycles. The van der Waals surface area contributed by atoms with Crippen LogP contribution in [0, 0.1) is 6.92 Å². The third-order valence-corrected chi connectivity index (χ3v) is 5.22. The summed E-state index contributed by atoms with van der Waals surface area (Å²) in [6.45, 7) is 8.13. The zero-order chi connectivity index (χ0) is 22.9. The van der Waals surface area contributed by atoms with Crippen LogP contribution in [0.3, 0.4) is 0 Å². The van der Waals surface area contributed by atoms with Gasteiger partial charge in [-0.05, 0) is 62.1 Å². The van der Waals surface area contributed by atoms with E-state index < -0.39 is 0 Å². The Bertz CT molecular complexity index is 966. The molecule has 1 N–H and O–H groups in total. The van der Waals surface area contributed by atoms with Crippen LogP contribution < -0.4 is 10.1 Å². The minimum atomic E-state index is -0.311. The average Bonchev–Trinajstić information content (AvgIpc) is 3.01. The van der Waals surface area contributed by atoms with Crippen LogP contribution in [-0.2, 0) is 14.3 Å². The Kier molecular flexibility index (Phi) is 8.45. The lowest BCUT2D eigenvalue weighted by Crippen LogP contribution is -2.34. The van der Waals surface area contributed by atoms with Crippen molar-refractivity contribution >= 4 is 23.1 Å². The summed E-state index contributed by atoms with van der Waals surface area (Å²) >= 11 is 0. The Labute approximate surface area is 190 Å². The van der Waals surface area contributed by atoms with Gasteiger partial charge in [0, 0.05) is 25.4 Å². The molecule has 32 heavy (non-hydrogen) atoms. The number of carbonyl (C=O) groups excluding carboxylic acids is 2. The number of nitrogens with zero attached hydrogens (tertiary/aromatic N) is 1. The highest BCUT2D eigenvalue weighted by molar-refractivity contribution is 6.36. The molecule has 6 nitrogen and oxygen atoms in total. The fourth-order valence-electron chi connectivity index (χ4n) is 3.59. The largest absolute Gasteiger partial charge is 0.494 e. The maximum atomic E-state index is 13.3. The van der Waals surface area contributed by atoms with Crippen molar-refractivity contribution < 1.29 is 19.1 Å². The van der Waals surface area contributed by atoms with Gasteiger partial charge >= 0.3 is 0 Å². The number of amides is 2. The van der Waals surface area contributed by atoms with Gasteiger partial charge in [0.2, 0.25) is 0 Å². The molecule has 1 aliphatic heterocycles. The first-order valence-corrected chi connectivity index (χ1v) is 11.3. The van der Waals surface area contributed by atoms with Crippen LogP contribution in [0.15, 0.2) is 54.2 Å². The number of hydrogen-bond acceptors (Lipinski definition) is 5. The number of ether oxygens (including phenoxy) is 2. The van der Waals surface area contributed by atoms with Crippen molar-refractivity contribution in [2.24, 2.45) is 0 Å². The fraction of sp³-hybridized carbons (Fsp3) is 0.385. The highest BCUT2D eigenvalue weighted by atomic mass is 16.5. The second kappa shape index (κ2) is 11.5. The SMILES string of the molecule is CCCCOCCCN1C(=O)C(Nc2cccc(C)c2)=C(c2ccc(OCC)cc2)C1=O. The number of hydrogen-bond donors (Lipinski definition) is 1. The molecule has 0 atom stereocenters. The van der Waals surface area contributed by atoms with Crippen molar-refractivity contribution in [2.75, 3.05) is 31.7 Å². The van der Waals surface area contributed by atoms with Gasteiger partial charge in [0.05, 0.1) is 12.2 Å². The zero-order valence-electron chi connectivity index (χ0n) is 19.1. The molecular formula is C26H32N2O4. The standard InChI is InChI=1S/C26H32N2O4/c1-4-6-16-31-17-8-15-28-25(29)23(20-11-13-22(14-12-20)32-5-2)24(26(28)30)27-21-10-7-9-19(3)18-21/h7,9-14,18,27H,4-6,8,15-17H2,1-3H3. The maximum Gasteiger partial charge on any atom is 0.278 e. The molecule has 2 aromatic carbocycles. The maximum absolute atomic E-state index is 13.3. The highest BCUT2D eigenvalue weighted by Gasteiger charge is 2.38. The Morgan fingerprint density at radius 2 is 1.69 bits per heavy atom. The molecular weight excluding hydrogens is 404 g/mol. The second-order valence-electron chi connectivity index (χ2n) is 7.78. The van der Waals surface area contributed by atoms with Crippen LogP contribution in [0.25, 0.3) is 5.57 Å². The first-order chi connectivity index (χ1) is 15.5. The van der Waals surface area contributed by atoms with Gasteiger partial charge in [-0.1, -0.05) is 37.6 Å². The molecule has 6 heteroatoms. The fourth-order valence-corrected chi connectivity index (χ4v) is 3.59. The summed E-state index contributed by atoms with van der Waals surface area (Å²) in [5, 5.41) is 3.20. The second-order valence-corrected chi connectivity index (χ2v) is 7.78. The van der Waals surface area contributed by atoms with Crippen molar-refractivity contribution in [3.8, 4) is 5.75 Å².